The Hall–Kier alpha value is -1.26. The van der Waals surface area contributed by atoms with Gasteiger partial charge in [-0.25, -0.2) is 4.39 Å². The van der Waals surface area contributed by atoms with Crippen LogP contribution in [0, 0.1) is 0 Å². The topological polar surface area (TPSA) is 9.23 Å². The fourth-order valence-corrected chi connectivity index (χ4v) is 0.919. The maximum atomic E-state index is 12.2. The van der Waals surface area contributed by atoms with Crippen molar-refractivity contribution in [3.05, 3.63) is 29.8 Å². The molecule has 1 aromatic carbocycles. The summed E-state index contributed by atoms with van der Waals surface area (Å²) in [6.45, 7) is -0.961. The van der Waals surface area contributed by atoms with E-state index in [2.05, 4.69) is 0 Å². The van der Waals surface area contributed by atoms with E-state index in [0.29, 0.717) is 0 Å². The van der Waals surface area contributed by atoms with Crippen LogP contribution < -0.4 is 4.74 Å². The number of halogens is 4. The minimum Gasteiger partial charge on any atom is -0.491 e. The Kier molecular flexibility index (Phi) is 3.33. The number of ether oxygens (including phenoxy) is 1. The fraction of sp³-hybridized carbons (Fsp3) is 0.333. The molecule has 5 heteroatoms. The summed E-state index contributed by atoms with van der Waals surface area (Å²) < 4.78 is 52.9. The quantitative estimate of drug-likeness (QED) is 0.693. The van der Waals surface area contributed by atoms with Crippen molar-refractivity contribution in [1.29, 1.82) is 0 Å². The highest BCUT2D eigenvalue weighted by Crippen LogP contribution is 2.31. The zero-order valence-corrected chi connectivity index (χ0v) is 7.14. The fourth-order valence-electron chi connectivity index (χ4n) is 0.919. The second-order valence-electron chi connectivity index (χ2n) is 2.56. The lowest BCUT2D eigenvalue weighted by molar-refractivity contribution is -0.137. The predicted octanol–water partition coefficient (Wildman–Crippen LogP) is 3.05. The van der Waals surface area contributed by atoms with Gasteiger partial charge in [-0.05, 0) is 18.2 Å². The lowest BCUT2D eigenvalue weighted by Gasteiger charge is -2.08. The van der Waals surface area contributed by atoms with Gasteiger partial charge in [0.2, 0.25) is 0 Å². The monoisotopic (exact) mass is 208 g/mol. The van der Waals surface area contributed by atoms with E-state index in [-0.39, 0.29) is 12.4 Å². The number of hydrogen-bond acceptors (Lipinski definition) is 1. The van der Waals surface area contributed by atoms with Crippen molar-refractivity contribution >= 4 is 0 Å². The first kappa shape index (κ1) is 10.8. The molecule has 0 heterocycles. The van der Waals surface area contributed by atoms with Crippen molar-refractivity contribution < 1.29 is 22.3 Å². The predicted molar refractivity (Wildman–Crippen MR) is 42.9 cm³/mol. The van der Waals surface area contributed by atoms with Gasteiger partial charge in [0.25, 0.3) is 0 Å². The molecule has 1 rings (SSSR count). The smallest absolute Gasteiger partial charge is 0.416 e. The highest BCUT2D eigenvalue weighted by Gasteiger charge is 2.30. The molecule has 78 valence electrons. The van der Waals surface area contributed by atoms with Crippen molar-refractivity contribution in [3.8, 4) is 5.75 Å². The SMILES string of the molecule is FCCOc1cccc(C(F)(F)F)c1. The molecule has 0 amide bonds. The van der Waals surface area contributed by atoms with Crippen LogP contribution in [0.15, 0.2) is 24.3 Å². The van der Waals surface area contributed by atoms with Gasteiger partial charge in [-0.15, -0.1) is 0 Å². The molecule has 1 nitrogen and oxygen atoms in total. The first-order valence-electron chi connectivity index (χ1n) is 3.90. The van der Waals surface area contributed by atoms with Crippen LogP contribution in [0.3, 0.4) is 0 Å². The zero-order chi connectivity index (χ0) is 10.6. The molecule has 0 spiro atoms. The number of rotatable bonds is 3. The third-order valence-corrected chi connectivity index (χ3v) is 1.51. The average Bonchev–Trinajstić information content (AvgIpc) is 2.14. The van der Waals surface area contributed by atoms with Crippen LogP contribution in [0.2, 0.25) is 0 Å². The summed E-state index contributed by atoms with van der Waals surface area (Å²) in [5.74, 6) is 0.0254. The molecule has 14 heavy (non-hydrogen) atoms. The van der Waals surface area contributed by atoms with Crippen LogP contribution in [0.4, 0.5) is 17.6 Å². The third kappa shape index (κ3) is 2.90. The van der Waals surface area contributed by atoms with E-state index in [4.69, 9.17) is 4.74 Å². The number of benzene rings is 1. The molecule has 0 radical (unpaired) electrons. The van der Waals surface area contributed by atoms with E-state index in [1.807, 2.05) is 0 Å². The molecule has 0 fully saturated rings. The molecule has 0 aliphatic carbocycles. The second-order valence-corrected chi connectivity index (χ2v) is 2.56. The Balaban J connectivity index is 2.79. The third-order valence-electron chi connectivity index (χ3n) is 1.51. The van der Waals surface area contributed by atoms with Crippen molar-refractivity contribution in [2.24, 2.45) is 0 Å². The summed E-state index contributed by atoms with van der Waals surface area (Å²) in [5, 5.41) is 0. The average molecular weight is 208 g/mol. The number of hydrogen-bond donors (Lipinski definition) is 0. The van der Waals surface area contributed by atoms with E-state index in [0.717, 1.165) is 12.1 Å². The van der Waals surface area contributed by atoms with Gasteiger partial charge in [-0.1, -0.05) is 6.07 Å². The summed E-state index contributed by atoms with van der Waals surface area (Å²) in [6, 6.07) is 4.35. The number of alkyl halides is 4. The van der Waals surface area contributed by atoms with Crippen molar-refractivity contribution in [1.82, 2.24) is 0 Å². The van der Waals surface area contributed by atoms with Gasteiger partial charge < -0.3 is 4.74 Å². The second kappa shape index (κ2) is 4.30. The van der Waals surface area contributed by atoms with Crippen molar-refractivity contribution in [2.75, 3.05) is 13.3 Å². The minimum atomic E-state index is -4.39. The molecular formula is C9H8F4O. The molecule has 0 aliphatic rings. The lowest BCUT2D eigenvalue weighted by Crippen LogP contribution is -2.05. The first-order chi connectivity index (χ1) is 6.54. The molecule has 0 atom stereocenters. The van der Waals surface area contributed by atoms with Gasteiger partial charge in [-0.2, -0.15) is 13.2 Å². The summed E-state index contributed by atoms with van der Waals surface area (Å²) in [6.07, 6.45) is -4.39. The van der Waals surface area contributed by atoms with E-state index in [9.17, 15) is 17.6 Å². The Morgan fingerprint density at radius 1 is 1.21 bits per heavy atom. The maximum absolute atomic E-state index is 12.2. The molecule has 0 bridgehead atoms. The molecule has 0 unspecified atom stereocenters. The van der Waals surface area contributed by atoms with Crippen molar-refractivity contribution in [3.63, 3.8) is 0 Å². The molecule has 0 N–H and O–H groups in total. The molecular weight excluding hydrogens is 200 g/mol. The van der Waals surface area contributed by atoms with Crippen LogP contribution in [0.25, 0.3) is 0 Å². The highest BCUT2D eigenvalue weighted by molar-refractivity contribution is 5.30. The molecule has 0 saturated heterocycles. The van der Waals surface area contributed by atoms with Gasteiger partial charge in [0, 0.05) is 0 Å². The Labute approximate surface area is 78.3 Å². The maximum Gasteiger partial charge on any atom is 0.416 e. The van der Waals surface area contributed by atoms with E-state index in [1.54, 1.807) is 0 Å². The van der Waals surface area contributed by atoms with Gasteiger partial charge in [0.05, 0.1) is 5.56 Å². The summed E-state index contributed by atoms with van der Waals surface area (Å²) in [4.78, 5) is 0. The zero-order valence-electron chi connectivity index (χ0n) is 7.14. The summed E-state index contributed by atoms with van der Waals surface area (Å²) in [5.41, 5.74) is -0.797. The summed E-state index contributed by atoms with van der Waals surface area (Å²) in [7, 11) is 0. The Bertz CT molecular complexity index is 295. The largest absolute Gasteiger partial charge is 0.491 e. The van der Waals surface area contributed by atoms with E-state index < -0.39 is 18.4 Å². The Morgan fingerprint density at radius 2 is 1.93 bits per heavy atom. The normalized spacial score (nSPS) is 11.4. The molecule has 0 saturated carbocycles. The molecule has 0 aliphatic heterocycles. The van der Waals surface area contributed by atoms with Crippen LogP contribution in [-0.4, -0.2) is 13.3 Å². The van der Waals surface area contributed by atoms with Gasteiger partial charge in [0.15, 0.2) is 0 Å². The van der Waals surface area contributed by atoms with Gasteiger partial charge in [0.1, 0.15) is 19.0 Å². The van der Waals surface area contributed by atoms with Crippen LogP contribution in [-0.2, 0) is 6.18 Å². The van der Waals surface area contributed by atoms with Crippen molar-refractivity contribution in [2.45, 2.75) is 6.18 Å². The standard InChI is InChI=1S/C9H8F4O/c10-4-5-14-8-3-1-2-7(6-8)9(11,12)13/h1-3,6H,4-5H2. The van der Waals surface area contributed by atoms with Gasteiger partial charge >= 0.3 is 6.18 Å². The van der Waals surface area contributed by atoms with Gasteiger partial charge in [-0.3, -0.25) is 0 Å². The highest BCUT2D eigenvalue weighted by atomic mass is 19.4. The molecule has 0 aromatic heterocycles. The first-order valence-corrected chi connectivity index (χ1v) is 3.90. The van der Waals surface area contributed by atoms with E-state index >= 15 is 0 Å². The Morgan fingerprint density at radius 3 is 2.50 bits per heavy atom. The lowest BCUT2D eigenvalue weighted by atomic mass is 10.2. The van der Waals surface area contributed by atoms with Crippen LogP contribution in [0.5, 0.6) is 5.75 Å². The minimum absolute atomic E-state index is 0.0254. The van der Waals surface area contributed by atoms with E-state index in [1.165, 1.54) is 12.1 Å². The van der Waals surface area contributed by atoms with Crippen LogP contribution >= 0.6 is 0 Å². The van der Waals surface area contributed by atoms with Crippen LogP contribution in [0.1, 0.15) is 5.56 Å². The summed E-state index contributed by atoms with van der Waals surface area (Å²) >= 11 is 0. The molecule has 1 aromatic rings.